The second kappa shape index (κ2) is 4.63. The van der Waals surface area contributed by atoms with Crippen LogP contribution in [0.1, 0.15) is 20.8 Å². The number of benzene rings is 1. The zero-order valence-corrected chi connectivity index (χ0v) is 12.2. The molecular formula is C12H18N2OS2. The standard InChI is InChI=1S/C12H18N2OS2/c1-12(2,3)14-8-6-5-7-9(15-4)10(8)16-11(14)17-13/h5-7,11H,13H2,1-4H3. The van der Waals surface area contributed by atoms with Crippen molar-refractivity contribution in [1.82, 2.24) is 0 Å². The van der Waals surface area contributed by atoms with Crippen LogP contribution >= 0.6 is 23.7 Å². The molecule has 0 radical (unpaired) electrons. The summed E-state index contributed by atoms with van der Waals surface area (Å²) in [5.41, 5.74) is 1.26. The van der Waals surface area contributed by atoms with Gasteiger partial charge in [0.15, 0.2) is 0 Å². The molecule has 0 saturated heterocycles. The van der Waals surface area contributed by atoms with Crippen LogP contribution < -0.4 is 14.8 Å². The van der Waals surface area contributed by atoms with Gasteiger partial charge in [-0.15, -0.1) is 0 Å². The van der Waals surface area contributed by atoms with Crippen LogP contribution in [0.4, 0.5) is 5.69 Å². The maximum Gasteiger partial charge on any atom is 0.141 e. The molecule has 2 rings (SSSR count). The molecule has 2 N–H and O–H groups in total. The first-order chi connectivity index (χ1) is 7.99. The number of thioether (sulfide) groups is 1. The number of rotatable bonds is 2. The minimum Gasteiger partial charge on any atom is -0.496 e. The van der Waals surface area contributed by atoms with Gasteiger partial charge in [0.1, 0.15) is 10.5 Å². The van der Waals surface area contributed by atoms with Gasteiger partial charge in [0.05, 0.1) is 17.7 Å². The Labute approximate surface area is 111 Å². The lowest BCUT2D eigenvalue weighted by Gasteiger charge is -2.37. The van der Waals surface area contributed by atoms with Crippen LogP contribution in [0.3, 0.4) is 0 Å². The molecule has 1 atom stereocenters. The van der Waals surface area contributed by atoms with Gasteiger partial charge in [0, 0.05) is 5.54 Å². The highest BCUT2D eigenvalue weighted by atomic mass is 32.2. The molecule has 1 aliphatic rings. The van der Waals surface area contributed by atoms with Crippen molar-refractivity contribution in [2.75, 3.05) is 12.0 Å². The van der Waals surface area contributed by atoms with Crippen LogP contribution in [0.2, 0.25) is 0 Å². The lowest BCUT2D eigenvalue weighted by Crippen LogP contribution is -2.44. The Balaban J connectivity index is 2.49. The summed E-state index contributed by atoms with van der Waals surface area (Å²) in [4.78, 5) is 3.54. The highest BCUT2D eigenvalue weighted by molar-refractivity contribution is 8.16. The van der Waals surface area contributed by atoms with Crippen LogP contribution in [0.25, 0.3) is 0 Å². The number of nitrogens with two attached hydrogens (primary N) is 1. The van der Waals surface area contributed by atoms with Crippen molar-refractivity contribution in [1.29, 1.82) is 0 Å². The largest absolute Gasteiger partial charge is 0.496 e. The zero-order valence-electron chi connectivity index (χ0n) is 10.6. The molecule has 0 fully saturated rings. The molecule has 0 saturated carbocycles. The first-order valence-electron chi connectivity index (χ1n) is 5.47. The summed E-state index contributed by atoms with van der Waals surface area (Å²) in [6, 6.07) is 6.16. The van der Waals surface area contributed by atoms with E-state index in [1.807, 2.05) is 12.1 Å². The highest BCUT2D eigenvalue weighted by Gasteiger charge is 2.38. The lowest BCUT2D eigenvalue weighted by molar-refractivity contribution is 0.405. The Bertz CT molecular complexity index is 417. The quantitative estimate of drug-likeness (QED) is 0.835. The molecule has 17 heavy (non-hydrogen) atoms. The molecule has 0 spiro atoms. The number of hydrogen-bond acceptors (Lipinski definition) is 5. The molecule has 1 aromatic rings. The van der Waals surface area contributed by atoms with E-state index in [9.17, 15) is 0 Å². The van der Waals surface area contributed by atoms with E-state index in [0.717, 1.165) is 5.75 Å². The monoisotopic (exact) mass is 270 g/mol. The predicted molar refractivity (Wildman–Crippen MR) is 76.6 cm³/mol. The topological polar surface area (TPSA) is 38.5 Å². The molecule has 94 valence electrons. The summed E-state index contributed by atoms with van der Waals surface area (Å²) in [5, 5.41) is 5.81. The summed E-state index contributed by atoms with van der Waals surface area (Å²) < 4.78 is 5.62. The molecule has 1 aromatic carbocycles. The molecule has 5 heteroatoms. The van der Waals surface area contributed by atoms with Crippen molar-refractivity contribution < 1.29 is 4.74 Å². The van der Waals surface area contributed by atoms with Gasteiger partial charge < -0.3 is 9.64 Å². The van der Waals surface area contributed by atoms with Crippen LogP contribution in [-0.4, -0.2) is 17.4 Å². The van der Waals surface area contributed by atoms with Crippen molar-refractivity contribution in [2.45, 2.75) is 35.9 Å². The van der Waals surface area contributed by atoms with Crippen molar-refractivity contribution in [3.8, 4) is 5.75 Å². The molecule has 1 unspecified atom stereocenters. The van der Waals surface area contributed by atoms with E-state index in [0.29, 0.717) is 0 Å². The second-order valence-corrected chi connectivity index (χ2v) is 7.02. The van der Waals surface area contributed by atoms with Gasteiger partial charge in [-0.25, -0.2) is 0 Å². The third-order valence-corrected chi connectivity index (χ3v) is 4.83. The molecule has 3 nitrogen and oxygen atoms in total. The maximum absolute atomic E-state index is 5.81. The second-order valence-electron chi connectivity index (χ2n) is 4.91. The van der Waals surface area contributed by atoms with Gasteiger partial charge in [0.25, 0.3) is 0 Å². The van der Waals surface area contributed by atoms with E-state index in [2.05, 4.69) is 31.7 Å². The van der Waals surface area contributed by atoms with Gasteiger partial charge >= 0.3 is 0 Å². The normalized spacial score (nSPS) is 19.4. The van der Waals surface area contributed by atoms with E-state index < -0.39 is 0 Å². The molecule has 0 bridgehead atoms. The van der Waals surface area contributed by atoms with Crippen LogP contribution in [0.5, 0.6) is 5.75 Å². The van der Waals surface area contributed by atoms with Crippen LogP contribution in [-0.2, 0) is 0 Å². The summed E-state index contributed by atoms with van der Waals surface area (Å²) in [7, 11) is 1.71. The van der Waals surface area contributed by atoms with Gasteiger partial charge in [-0.05, 0) is 44.9 Å². The fraction of sp³-hybridized carbons (Fsp3) is 0.500. The fourth-order valence-electron chi connectivity index (χ4n) is 2.01. The minimum atomic E-state index is 0.0433. The first-order valence-corrected chi connectivity index (χ1v) is 7.30. The van der Waals surface area contributed by atoms with Gasteiger partial charge in [-0.2, -0.15) is 0 Å². The Hall–Kier alpha value is -0.520. The zero-order chi connectivity index (χ0) is 12.6. The SMILES string of the molecule is COc1cccc2c1SC(SN)N2C(C)(C)C. The molecule has 1 aliphatic heterocycles. The van der Waals surface area contributed by atoms with Crippen molar-refractivity contribution in [3.63, 3.8) is 0 Å². The molecular weight excluding hydrogens is 252 g/mol. The van der Waals surface area contributed by atoms with E-state index >= 15 is 0 Å². The fourth-order valence-corrected chi connectivity index (χ4v) is 4.36. The number of fused-ring (bicyclic) bond motifs is 1. The summed E-state index contributed by atoms with van der Waals surface area (Å²) in [6.07, 6.45) is 0. The molecule has 0 amide bonds. The number of ether oxygens (including phenoxy) is 1. The van der Waals surface area contributed by atoms with Crippen molar-refractivity contribution in [2.24, 2.45) is 5.14 Å². The Morgan fingerprint density at radius 1 is 1.41 bits per heavy atom. The Morgan fingerprint density at radius 2 is 2.12 bits per heavy atom. The van der Waals surface area contributed by atoms with Crippen molar-refractivity contribution in [3.05, 3.63) is 18.2 Å². The van der Waals surface area contributed by atoms with E-state index in [1.165, 1.54) is 22.5 Å². The average molecular weight is 270 g/mol. The molecule has 1 heterocycles. The van der Waals surface area contributed by atoms with E-state index in [4.69, 9.17) is 9.88 Å². The summed E-state index contributed by atoms with van der Waals surface area (Å²) in [6.45, 7) is 6.60. The number of methoxy groups -OCH3 is 1. The lowest BCUT2D eigenvalue weighted by atomic mass is 10.1. The average Bonchev–Trinajstić information content (AvgIpc) is 2.66. The van der Waals surface area contributed by atoms with Crippen molar-refractivity contribution >= 4 is 29.4 Å². The minimum absolute atomic E-state index is 0.0433. The third kappa shape index (κ3) is 2.23. The van der Waals surface area contributed by atoms with Crippen LogP contribution in [0.15, 0.2) is 23.1 Å². The number of hydrogen-bond donors (Lipinski definition) is 1. The maximum atomic E-state index is 5.81. The van der Waals surface area contributed by atoms with Gasteiger partial charge in [-0.1, -0.05) is 17.8 Å². The molecule has 0 aliphatic carbocycles. The Morgan fingerprint density at radius 3 is 2.65 bits per heavy atom. The summed E-state index contributed by atoms with van der Waals surface area (Å²) >= 11 is 3.14. The smallest absolute Gasteiger partial charge is 0.141 e. The van der Waals surface area contributed by atoms with E-state index in [-0.39, 0.29) is 10.2 Å². The van der Waals surface area contributed by atoms with Gasteiger partial charge in [-0.3, -0.25) is 5.14 Å². The highest BCUT2D eigenvalue weighted by Crippen LogP contribution is 2.53. The molecule has 0 aromatic heterocycles. The number of nitrogens with zero attached hydrogens (tertiary/aromatic N) is 1. The third-order valence-electron chi connectivity index (χ3n) is 2.71. The van der Waals surface area contributed by atoms with Gasteiger partial charge in [0.2, 0.25) is 0 Å². The number of anilines is 1. The first kappa shape index (κ1) is 12.9. The van der Waals surface area contributed by atoms with Crippen LogP contribution in [0, 0.1) is 0 Å². The predicted octanol–water partition coefficient (Wildman–Crippen LogP) is 3.30. The van der Waals surface area contributed by atoms with E-state index in [1.54, 1.807) is 18.9 Å². The Kier molecular flexibility index (Phi) is 3.52. The summed E-state index contributed by atoms with van der Waals surface area (Å²) in [5.74, 6) is 0.929.